The highest BCUT2D eigenvalue weighted by Crippen LogP contribution is 2.09. The van der Waals surface area contributed by atoms with Crippen LogP contribution in [0.1, 0.15) is 12.8 Å². The second-order valence-electron chi connectivity index (χ2n) is 5.26. The van der Waals surface area contributed by atoms with Crippen molar-refractivity contribution >= 4 is 0 Å². The number of likely N-dealkylation sites (N-methyl/N-ethyl adjacent to an activating group) is 2. The number of hydrogen-bond donors (Lipinski definition) is 1. The van der Waals surface area contributed by atoms with Gasteiger partial charge < -0.3 is 15.0 Å². The summed E-state index contributed by atoms with van der Waals surface area (Å²) in [5.74, 6) is 0. The molecule has 1 fully saturated rings. The van der Waals surface area contributed by atoms with Crippen LogP contribution in [0.5, 0.6) is 0 Å². The Hall–Kier alpha value is -0.580. The zero-order chi connectivity index (χ0) is 12.1. The third-order valence-corrected chi connectivity index (χ3v) is 3.75. The Kier molecular flexibility index (Phi) is 4.83. The number of rotatable bonds is 4. The number of nitrogens with zero attached hydrogens (tertiary/aromatic N) is 2. The van der Waals surface area contributed by atoms with Gasteiger partial charge in [0.15, 0.2) is 0 Å². The molecule has 0 spiro atoms. The zero-order valence-corrected chi connectivity index (χ0v) is 11.1. The summed E-state index contributed by atoms with van der Waals surface area (Å²) >= 11 is 0. The van der Waals surface area contributed by atoms with E-state index in [-0.39, 0.29) is 0 Å². The Bertz CT molecular complexity index is 257. The van der Waals surface area contributed by atoms with Gasteiger partial charge in [0.1, 0.15) is 6.10 Å². The van der Waals surface area contributed by atoms with Crippen LogP contribution in [-0.4, -0.2) is 68.8 Å². The van der Waals surface area contributed by atoms with Crippen LogP contribution in [0.3, 0.4) is 0 Å². The molecule has 98 valence electrons. The summed E-state index contributed by atoms with van der Waals surface area (Å²) in [5, 5.41) is 3.55. The van der Waals surface area contributed by atoms with Gasteiger partial charge in [0.05, 0.1) is 6.26 Å². The minimum atomic E-state index is 0.367. The quantitative estimate of drug-likeness (QED) is 0.774. The molecule has 0 aliphatic carbocycles. The van der Waals surface area contributed by atoms with Crippen molar-refractivity contribution in [1.29, 1.82) is 0 Å². The first-order valence-corrected chi connectivity index (χ1v) is 6.65. The number of piperazine rings is 1. The molecule has 4 nitrogen and oxygen atoms in total. The molecular formula is C13H25N3O. The van der Waals surface area contributed by atoms with Crippen molar-refractivity contribution in [3.63, 3.8) is 0 Å². The summed E-state index contributed by atoms with van der Waals surface area (Å²) in [6.07, 6.45) is 6.60. The Balaban J connectivity index is 1.65. The fraction of sp³-hybridized carbons (Fsp3) is 0.846. The van der Waals surface area contributed by atoms with E-state index in [4.69, 9.17) is 4.74 Å². The molecule has 0 radical (unpaired) electrons. The van der Waals surface area contributed by atoms with Crippen molar-refractivity contribution in [1.82, 2.24) is 15.1 Å². The lowest BCUT2D eigenvalue weighted by molar-refractivity contribution is 0.0985. The monoisotopic (exact) mass is 239 g/mol. The predicted octanol–water partition coefficient (Wildman–Crippen LogP) is 0.515. The maximum absolute atomic E-state index is 5.55. The molecule has 0 aromatic carbocycles. The molecule has 0 aromatic rings. The van der Waals surface area contributed by atoms with Gasteiger partial charge in [-0.15, -0.1) is 0 Å². The van der Waals surface area contributed by atoms with Gasteiger partial charge in [-0.2, -0.15) is 0 Å². The second kappa shape index (κ2) is 6.38. The van der Waals surface area contributed by atoms with Crippen molar-refractivity contribution in [2.24, 2.45) is 0 Å². The molecule has 2 unspecified atom stereocenters. The van der Waals surface area contributed by atoms with Crippen LogP contribution in [0.15, 0.2) is 12.3 Å². The summed E-state index contributed by atoms with van der Waals surface area (Å²) in [5.41, 5.74) is 0. The lowest BCUT2D eigenvalue weighted by atomic mass is 10.1. The van der Waals surface area contributed by atoms with Gasteiger partial charge in [0.25, 0.3) is 0 Å². The van der Waals surface area contributed by atoms with Crippen molar-refractivity contribution in [3.05, 3.63) is 12.3 Å². The van der Waals surface area contributed by atoms with Crippen molar-refractivity contribution in [3.8, 4) is 0 Å². The molecule has 2 rings (SSSR count). The summed E-state index contributed by atoms with van der Waals surface area (Å²) in [6.45, 7) is 5.55. The maximum atomic E-state index is 5.55. The Morgan fingerprint density at radius 3 is 2.94 bits per heavy atom. The van der Waals surface area contributed by atoms with Gasteiger partial charge in [0, 0.05) is 38.8 Å². The summed E-state index contributed by atoms with van der Waals surface area (Å²) in [6, 6.07) is 0.632. The van der Waals surface area contributed by atoms with Gasteiger partial charge in [0.2, 0.25) is 0 Å². The maximum Gasteiger partial charge on any atom is 0.110 e. The van der Waals surface area contributed by atoms with Crippen molar-refractivity contribution in [2.75, 3.05) is 46.8 Å². The first kappa shape index (κ1) is 12.9. The van der Waals surface area contributed by atoms with Crippen LogP contribution in [0, 0.1) is 0 Å². The highest BCUT2D eigenvalue weighted by molar-refractivity contribution is 4.84. The third-order valence-electron chi connectivity index (χ3n) is 3.75. The molecule has 2 aliphatic heterocycles. The lowest BCUT2D eigenvalue weighted by Gasteiger charge is -2.38. The largest absolute Gasteiger partial charge is 0.497 e. The van der Waals surface area contributed by atoms with Crippen molar-refractivity contribution in [2.45, 2.75) is 25.0 Å². The van der Waals surface area contributed by atoms with E-state index in [1.54, 1.807) is 0 Å². The molecule has 0 bridgehead atoms. The van der Waals surface area contributed by atoms with E-state index in [0.717, 1.165) is 32.5 Å². The molecule has 0 aromatic heterocycles. The van der Waals surface area contributed by atoms with Crippen LogP contribution in [0.4, 0.5) is 0 Å². The van der Waals surface area contributed by atoms with Gasteiger partial charge in [-0.05, 0) is 33.0 Å². The number of nitrogens with one attached hydrogen (secondary N) is 1. The molecule has 2 heterocycles. The summed E-state index contributed by atoms with van der Waals surface area (Å²) in [7, 11) is 4.42. The molecule has 2 atom stereocenters. The highest BCUT2D eigenvalue weighted by atomic mass is 16.5. The molecule has 1 saturated heterocycles. The lowest BCUT2D eigenvalue weighted by Crippen LogP contribution is -2.54. The zero-order valence-electron chi connectivity index (χ0n) is 11.1. The smallest absolute Gasteiger partial charge is 0.110 e. The van der Waals surface area contributed by atoms with Gasteiger partial charge in [-0.1, -0.05) is 0 Å². The van der Waals surface area contributed by atoms with Crippen LogP contribution < -0.4 is 5.32 Å². The minimum absolute atomic E-state index is 0.367. The van der Waals surface area contributed by atoms with Gasteiger partial charge in [-0.3, -0.25) is 4.90 Å². The predicted molar refractivity (Wildman–Crippen MR) is 70.0 cm³/mol. The summed E-state index contributed by atoms with van der Waals surface area (Å²) in [4.78, 5) is 4.86. The van der Waals surface area contributed by atoms with E-state index >= 15 is 0 Å². The SMILES string of the molecule is CN1CCN(C)C(CNCC2CCC=CO2)C1. The van der Waals surface area contributed by atoms with Gasteiger partial charge in [-0.25, -0.2) is 0 Å². The minimum Gasteiger partial charge on any atom is -0.497 e. The standard InChI is InChI=1S/C13H25N3O/c1-15-6-7-16(2)12(11-15)9-14-10-13-5-3-4-8-17-13/h4,8,12-14H,3,5-7,9-11H2,1-2H3. The fourth-order valence-corrected chi connectivity index (χ4v) is 2.47. The van der Waals surface area contributed by atoms with E-state index in [0.29, 0.717) is 12.1 Å². The Morgan fingerprint density at radius 1 is 1.29 bits per heavy atom. The molecule has 17 heavy (non-hydrogen) atoms. The van der Waals surface area contributed by atoms with Crippen LogP contribution in [0.25, 0.3) is 0 Å². The first-order valence-electron chi connectivity index (χ1n) is 6.65. The fourth-order valence-electron chi connectivity index (χ4n) is 2.47. The van der Waals surface area contributed by atoms with Gasteiger partial charge >= 0.3 is 0 Å². The second-order valence-corrected chi connectivity index (χ2v) is 5.26. The first-order chi connectivity index (χ1) is 8.25. The average Bonchev–Trinajstić information content (AvgIpc) is 2.35. The van der Waals surface area contributed by atoms with Crippen LogP contribution in [0.2, 0.25) is 0 Å². The number of hydrogen-bond acceptors (Lipinski definition) is 4. The van der Waals surface area contributed by atoms with E-state index in [1.807, 2.05) is 6.26 Å². The average molecular weight is 239 g/mol. The Morgan fingerprint density at radius 2 is 2.18 bits per heavy atom. The van der Waals surface area contributed by atoms with E-state index in [1.165, 1.54) is 13.1 Å². The summed E-state index contributed by atoms with van der Waals surface area (Å²) < 4.78 is 5.55. The van der Waals surface area contributed by atoms with E-state index < -0.39 is 0 Å². The molecule has 2 aliphatic rings. The number of ether oxygens (including phenoxy) is 1. The topological polar surface area (TPSA) is 27.7 Å². The third kappa shape index (κ3) is 3.98. The molecule has 0 amide bonds. The van der Waals surface area contributed by atoms with E-state index in [9.17, 15) is 0 Å². The molecular weight excluding hydrogens is 214 g/mol. The normalized spacial score (nSPS) is 31.4. The molecule has 1 N–H and O–H groups in total. The highest BCUT2D eigenvalue weighted by Gasteiger charge is 2.22. The van der Waals surface area contributed by atoms with Crippen LogP contribution in [-0.2, 0) is 4.74 Å². The molecule has 4 heteroatoms. The van der Waals surface area contributed by atoms with Crippen LogP contribution >= 0.6 is 0 Å². The Labute approximate surface area is 105 Å². The van der Waals surface area contributed by atoms with E-state index in [2.05, 4.69) is 35.3 Å². The molecule has 0 saturated carbocycles. The number of allylic oxidation sites excluding steroid dienone is 1. The van der Waals surface area contributed by atoms with Crippen molar-refractivity contribution < 1.29 is 4.74 Å².